The average molecular weight is 227 g/mol. The number of nitrogens with zero attached hydrogens (tertiary/aromatic N) is 3. The van der Waals surface area contributed by atoms with E-state index in [4.69, 9.17) is 9.84 Å². The van der Waals surface area contributed by atoms with Crippen LogP contribution in [0.2, 0.25) is 0 Å². The van der Waals surface area contributed by atoms with Gasteiger partial charge in [0.15, 0.2) is 5.82 Å². The molecule has 0 radical (unpaired) electrons. The number of hydrogen-bond acceptors (Lipinski definition) is 5. The van der Waals surface area contributed by atoms with E-state index in [1.807, 2.05) is 0 Å². The molecule has 0 bridgehead atoms. The molecule has 16 heavy (non-hydrogen) atoms. The maximum atomic E-state index is 11.8. The van der Waals surface area contributed by atoms with Crippen molar-refractivity contribution in [2.75, 3.05) is 38.3 Å². The van der Waals surface area contributed by atoms with Gasteiger partial charge in [-0.3, -0.25) is 4.79 Å². The summed E-state index contributed by atoms with van der Waals surface area (Å²) in [6.45, 7) is 1.36. The predicted octanol–water partition coefficient (Wildman–Crippen LogP) is -0.775. The summed E-state index contributed by atoms with van der Waals surface area (Å²) in [7, 11) is 3.26. The molecule has 90 valence electrons. The zero-order valence-corrected chi connectivity index (χ0v) is 9.59. The van der Waals surface area contributed by atoms with E-state index >= 15 is 0 Å². The molecule has 0 aliphatic heterocycles. The minimum absolute atomic E-state index is 0.0244. The molecule has 1 heterocycles. The SMILES string of the molecule is COCCN(CCO)c1nccn(C)c1=O. The van der Waals surface area contributed by atoms with Crippen molar-refractivity contribution in [3.05, 3.63) is 22.7 Å². The minimum Gasteiger partial charge on any atom is -0.395 e. The van der Waals surface area contributed by atoms with Gasteiger partial charge in [-0.05, 0) is 0 Å². The Balaban J connectivity index is 2.91. The summed E-state index contributed by atoms with van der Waals surface area (Å²) in [5.74, 6) is 0.344. The standard InChI is InChI=1S/C10H17N3O3/c1-12-4-3-11-9(10(12)15)13(5-7-14)6-8-16-2/h3-4,14H,5-8H2,1-2H3. The minimum atomic E-state index is -0.174. The van der Waals surface area contributed by atoms with Crippen LogP contribution in [0.1, 0.15) is 0 Å². The van der Waals surface area contributed by atoms with Crippen LogP contribution in [0.15, 0.2) is 17.2 Å². The van der Waals surface area contributed by atoms with Gasteiger partial charge in [0.1, 0.15) is 0 Å². The van der Waals surface area contributed by atoms with Gasteiger partial charge in [-0.15, -0.1) is 0 Å². The quantitative estimate of drug-likeness (QED) is 0.691. The third-order valence-corrected chi connectivity index (χ3v) is 2.23. The van der Waals surface area contributed by atoms with E-state index in [1.165, 1.54) is 4.57 Å². The molecule has 0 amide bonds. The Morgan fingerprint density at radius 3 is 2.94 bits per heavy atom. The summed E-state index contributed by atoms with van der Waals surface area (Å²) in [6, 6.07) is 0. The normalized spacial score (nSPS) is 10.4. The van der Waals surface area contributed by atoms with E-state index in [0.717, 1.165) is 0 Å². The molecule has 6 nitrogen and oxygen atoms in total. The van der Waals surface area contributed by atoms with Crippen molar-refractivity contribution >= 4 is 5.82 Å². The molecule has 1 aromatic heterocycles. The Hall–Kier alpha value is -1.40. The van der Waals surface area contributed by atoms with Crippen molar-refractivity contribution in [1.82, 2.24) is 9.55 Å². The smallest absolute Gasteiger partial charge is 0.293 e. The molecule has 0 saturated heterocycles. The van der Waals surface area contributed by atoms with Crippen LogP contribution in [-0.4, -0.2) is 48.1 Å². The van der Waals surface area contributed by atoms with Crippen molar-refractivity contribution in [3.8, 4) is 0 Å². The molecule has 1 aromatic rings. The number of ether oxygens (including phenoxy) is 1. The molecule has 0 unspecified atom stereocenters. The molecule has 1 N–H and O–H groups in total. The van der Waals surface area contributed by atoms with Crippen LogP contribution in [0.4, 0.5) is 5.82 Å². The maximum absolute atomic E-state index is 11.8. The first kappa shape index (κ1) is 12.7. The van der Waals surface area contributed by atoms with Gasteiger partial charge in [-0.25, -0.2) is 4.98 Å². The van der Waals surface area contributed by atoms with Crippen LogP contribution >= 0.6 is 0 Å². The molecular formula is C10H17N3O3. The topological polar surface area (TPSA) is 67.6 Å². The van der Waals surface area contributed by atoms with Gasteiger partial charge in [0.05, 0.1) is 13.2 Å². The number of aromatic nitrogens is 2. The van der Waals surface area contributed by atoms with Gasteiger partial charge in [-0.1, -0.05) is 0 Å². The summed E-state index contributed by atoms with van der Waals surface area (Å²) < 4.78 is 6.41. The van der Waals surface area contributed by atoms with Gasteiger partial charge >= 0.3 is 0 Å². The Bertz CT molecular complexity index is 378. The lowest BCUT2D eigenvalue weighted by Gasteiger charge is -2.21. The van der Waals surface area contributed by atoms with Gasteiger partial charge < -0.3 is 19.3 Å². The molecule has 6 heteroatoms. The molecule has 0 atom stereocenters. The summed E-state index contributed by atoms with van der Waals surface area (Å²) in [5.41, 5.74) is -0.174. The number of aryl methyl sites for hydroxylation is 1. The van der Waals surface area contributed by atoms with Crippen LogP contribution in [0.25, 0.3) is 0 Å². The second-order valence-electron chi connectivity index (χ2n) is 3.37. The number of rotatable bonds is 6. The third-order valence-electron chi connectivity index (χ3n) is 2.23. The van der Waals surface area contributed by atoms with Gasteiger partial charge in [0, 0.05) is 39.6 Å². The van der Waals surface area contributed by atoms with Crippen LogP contribution in [0.5, 0.6) is 0 Å². The summed E-state index contributed by atoms with van der Waals surface area (Å²) >= 11 is 0. The fraction of sp³-hybridized carbons (Fsp3) is 0.600. The largest absolute Gasteiger partial charge is 0.395 e. The molecule has 1 rings (SSSR count). The number of methoxy groups -OCH3 is 1. The summed E-state index contributed by atoms with van der Waals surface area (Å²) in [4.78, 5) is 17.5. The zero-order valence-electron chi connectivity index (χ0n) is 9.59. The van der Waals surface area contributed by atoms with Gasteiger partial charge in [0.2, 0.25) is 0 Å². The number of hydrogen-bond donors (Lipinski definition) is 1. The van der Waals surface area contributed by atoms with E-state index in [-0.39, 0.29) is 12.2 Å². The highest BCUT2D eigenvalue weighted by molar-refractivity contribution is 5.35. The fourth-order valence-electron chi connectivity index (χ4n) is 1.35. The Labute approximate surface area is 94.1 Å². The lowest BCUT2D eigenvalue weighted by molar-refractivity contribution is 0.202. The second-order valence-corrected chi connectivity index (χ2v) is 3.37. The van der Waals surface area contributed by atoms with E-state index in [0.29, 0.717) is 25.5 Å². The molecule has 0 saturated carbocycles. The molecule has 0 fully saturated rings. The molecule has 0 spiro atoms. The highest BCUT2D eigenvalue weighted by Gasteiger charge is 2.11. The number of aliphatic hydroxyl groups is 1. The lowest BCUT2D eigenvalue weighted by atomic mass is 10.4. The summed E-state index contributed by atoms with van der Waals surface area (Å²) in [5, 5.41) is 8.94. The molecule has 0 aliphatic rings. The summed E-state index contributed by atoms with van der Waals surface area (Å²) in [6.07, 6.45) is 3.16. The van der Waals surface area contributed by atoms with Crippen molar-refractivity contribution in [2.24, 2.45) is 7.05 Å². The second kappa shape index (κ2) is 6.24. The van der Waals surface area contributed by atoms with Crippen LogP contribution < -0.4 is 10.5 Å². The lowest BCUT2D eigenvalue weighted by Crippen LogP contribution is -2.36. The highest BCUT2D eigenvalue weighted by atomic mass is 16.5. The van der Waals surface area contributed by atoms with Crippen molar-refractivity contribution < 1.29 is 9.84 Å². The van der Waals surface area contributed by atoms with E-state index in [2.05, 4.69) is 4.98 Å². The zero-order chi connectivity index (χ0) is 12.0. The third kappa shape index (κ3) is 3.04. The van der Waals surface area contributed by atoms with Crippen molar-refractivity contribution in [2.45, 2.75) is 0 Å². The maximum Gasteiger partial charge on any atom is 0.293 e. The first-order chi connectivity index (χ1) is 7.70. The average Bonchev–Trinajstić information content (AvgIpc) is 2.28. The van der Waals surface area contributed by atoms with Crippen molar-refractivity contribution in [3.63, 3.8) is 0 Å². The first-order valence-electron chi connectivity index (χ1n) is 5.07. The van der Waals surface area contributed by atoms with Gasteiger partial charge in [-0.2, -0.15) is 0 Å². The van der Waals surface area contributed by atoms with E-state index < -0.39 is 0 Å². The monoisotopic (exact) mass is 227 g/mol. The molecular weight excluding hydrogens is 210 g/mol. The van der Waals surface area contributed by atoms with Crippen LogP contribution in [0, 0.1) is 0 Å². The predicted molar refractivity (Wildman–Crippen MR) is 60.7 cm³/mol. The number of aliphatic hydroxyl groups excluding tert-OH is 1. The first-order valence-corrected chi connectivity index (χ1v) is 5.07. The molecule has 0 aliphatic carbocycles. The highest BCUT2D eigenvalue weighted by Crippen LogP contribution is 2.02. The van der Waals surface area contributed by atoms with Gasteiger partial charge in [0.25, 0.3) is 5.56 Å². The Morgan fingerprint density at radius 1 is 1.56 bits per heavy atom. The van der Waals surface area contributed by atoms with Crippen LogP contribution in [-0.2, 0) is 11.8 Å². The Morgan fingerprint density at radius 2 is 2.31 bits per heavy atom. The van der Waals surface area contributed by atoms with Crippen LogP contribution in [0.3, 0.4) is 0 Å². The number of anilines is 1. The fourth-order valence-corrected chi connectivity index (χ4v) is 1.35. The molecule has 0 aromatic carbocycles. The van der Waals surface area contributed by atoms with E-state index in [9.17, 15) is 4.79 Å². The Kier molecular flexibility index (Phi) is 4.94. The van der Waals surface area contributed by atoms with Crippen molar-refractivity contribution in [1.29, 1.82) is 0 Å². The van der Waals surface area contributed by atoms with E-state index in [1.54, 1.807) is 31.5 Å².